The smallest absolute Gasteiger partial charge is 0.136 e. The summed E-state index contributed by atoms with van der Waals surface area (Å²) in [6.07, 6.45) is 1.89. The Morgan fingerprint density at radius 2 is 1.94 bits per heavy atom. The lowest BCUT2D eigenvalue weighted by atomic mass is 10.1. The molecule has 2 heteroatoms. The van der Waals surface area contributed by atoms with Crippen LogP contribution in [0.5, 0.6) is 0 Å². The van der Waals surface area contributed by atoms with E-state index >= 15 is 0 Å². The van der Waals surface area contributed by atoms with E-state index in [1.807, 2.05) is 6.20 Å². The fraction of sp³-hybridized carbons (Fsp3) is 0.357. The van der Waals surface area contributed by atoms with Crippen LogP contribution in [0.2, 0.25) is 0 Å². The zero-order valence-electron chi connectivity index (χ0n) is 10.1. The summed E-state index contributed by atoms with van der Waals surface area (Å²) in [5.74, 6) is 1.09. The van der Waals surface area contributed by atoms with Gasteiger partial charge >= 0.3 is 0 Å². The number of pyridine rings is 1. The molecule has 16 heavy (non-hydrogen) atoms. The minimum atomic E-state index is 0.475. The quantitative estimate of drug-likeness (QED) is 0.777. The summed E-state index contributed by atoms with van der Waals surface area (Å²) in [7, 11) is 0. The number of fused-ring (bicyclic) bond motifs is 1. The molecule has 0 fully saturated rings. The van der Waals surface area contributed by atoms with Crippen molar-refractivity contribution in [2.45, 2.75) is 26.8 Å². The summed E-state index contributed by atoms with van der Waals surface area (Å²) < 4.78 is 0. The van der Waals surface area contributed by atoms with Crippen LogP contribution in [-0.4, -0.2) is 17.6 Å². The second kappa shape index (κ2) is 4.52. The molecule has 1 heterocycles. The van der Waals surface area contributed by atoms with E-state index in [1.165, 1.54) is 10.8 Å². The third kappa shape index (κ3) is 1.87. The lowest BCUT2D eigenvalue weighted by molar-refractivity contribution is 0.696. The maximum atomic E-state index is 4.53. The fourth-order valence-electron chi connectivity index (χ4n) is 2.09. The Labute approximate surface area is 96.9 Å². The van der Waals surface area contributed by atoms with Crippen LogP contribution in [0, 0.1) is 0 Å². The lowest BCUT2D eigenvalue weighted by Gasteiger charge is -2.27. The molecule has 2 rings (SSSR count). The van der Waals surface area contributed by atoms with Crippen molar-refractivity contribution in [2.24, 2.45) is 0 Å². The van der Waals surface area contributed by atoms with Crippen molar-refractivity contribution in [3.63, 3.8) is 0 Å². The van der Waals surface area contributed by atoms with E-state index in [0.29, 0.717) is 6.04 Å². The Morgan fingerprint density at radius 1 is 1.19 bits per heavy atom. The highest BCUT2D eigenvalue weighted by molar-refractivity contribution is 5.92. The molecule has 0 aliphatic rings. The zero-order chi connectivity index (χ0) is 11.5. The fourth-order valence-corrected chi connectivity index (χ4v) is 2.09. The van der Waals surface area contributed by atoms with Crippen LogP contribution in [0.4, 0.5) is 5.82 Å². The van der Waals surface area contributed by atoms with Crippen molar-refractivity contribution in [3.05, 3.63) is 36.5 Å². The van der Waals surface area contributed by atoms with Gasteiger partial charge in [-0.15, -0.1) is 0 Å². The first-order valence-electron chi connectivity index (χ1n) is 5.84. The summed E-state index contributed by atoms with van der Waals surface area (Å²) in [5.41, 5.74) is 0. The van der Waals surface area contributed by atoms with Gasteiger partial charge in [0.1, 0.15) is 5.82 Å². The van der Waals surface area contributed by atoms with Gasteiger partial charge in [-0.05, 0) is 32.2 Å². The first kappa shape index (κ1) is 10.9. The second-order valence-corrected chi connectivity index (χ2v) is 4.24. The van der Waals surface area contributed by atoms with E-state index in [9.17, 15) is 0 Å². The summed E-state index contributed by atoms with van der Waals surface area (Å²) in [4.78, 5) is 6.85. The van der Waals surface area contributed by atoms with Crippen LogP contribution in [0.15, 0.2) is 36.5 Å². The SMILES string of the molecule is CCN(c1nccc2ccccc12)C(C)C. The molecule has 0 saturated heterocycles. The summed E-state index contributed by atoms with van der Waals surface area (Å²) in [5, 5.41) is 2.49. The Bertz CT molecular complexity index is 472. The highest BCUT2D eigenvalue weighted by atomic mass is 15.2. The first-order chi connectivity index (χ1) is 7.74. The van der Waals surface area contributed by atoms with Crippen LogP contribution in [-0.2, 0) is 0 Å². The van der Waals surface area contributed by atoms with Crippen molar-refractivity contribution in [3.8, 4) is 0 Å². The van der Waals surface area contributed by atoms with Gasteiger partial charge in [-0.25, -0.2) is 4.98 Å². The molecule has 0 atom stereocenters. The van der Waals surface area contributed by atoms with E-state index in [4.69, 9.17) is 0 Å². The van der Waals surface area contributed by atoms with Crippen LogP contribution >= 0.6 is 0 Å². The largest absolute Gasteiger partial charge is 0.354 e. The van der Waals surface area contributed by atoms with Crippen LogP contribution in [0.1, 0.15) is 20.8 Å². The number of anilines is 1. The molecule has 2 nitrogen and oxygen atoms in total. The van der Waals surface area contributed by atoms with E-state index < -0.39 is 0 Å². The number of hydrogen-bond donors (Lipinski definition) is 0. The highest BCUT2D eigenvalue weighted by Crippen LogP contribution is 2.25. The van der Waals surface area contributed by atoms with Gasteiger partial charge in [0.05, 0.1) is 0 Å². The zero-order valence-corrected chi connectivity index (χ0v) is 10.1. The number of benzene rings is 1. The molecular weight excluding hydrogens is 196 g/mol. The summed E-state index contributed by atoms with van der Waals surface area (Å²) >= 11 is 0. The molecule has 2 aromatic rings. The molecule has 0 amide bonds. The van der Waals surface area contributed by atoms with Crippen LogP contribution < -0.4 is 4.90 Å². The number of aromatic nitrogens is 1. The maximum absolute atomic E-state index is 4.53. The van der Waals surface area contributed by atoms with E-state index in [1.54, 1.807) is 0 Å². The average Bonchev–Trinajstić information content (AvgIpc) is 2.30. The van der Waals surface area contributed by atoms with Crippen molar-refractivity contribution in [1.29, 1.82) is 0 Å². The molecule has 0 bridgehead atoms. The van der Waals surface area contributed by atoms with E-state index in [2.05, 4.69) is 61.0 Å². The molecule has 0 aliphatic carbocycles. The van der Waals surface area contributed by atoms with Gasteiger partial charge < -0.3 is 4.90 Å². The van der Waals surface area contributed by atoms with Gasteiger partial charge in [0.25, 0.3) is 0 Å². The molecule has 0 radical (unpaired) electrons. The monoisotopic (exact) mass is 214 g/mol. The minimum Gasteiger partial charge on any atom is -0.354 e. The Kier molecular flexibility index (Phi) is 3.09. The van der Waals surface area contributed by atoms with Gasteiger partial charge in [0.2, 0.25) is 0 Å². The molecule has 0 unspecified atom stereocenters. The maximum Gasteiger partial charge on any atom is 0.136 e. The second-order valence-electron chi connectivity index (χ2n) is 4.24. The Morgan fingerprint density at radius 3 is 2.62 bits per heavy atom. The molecule has 84 valence electrons. The van der Waals surface area contributed by atoms with Gasteiger partial charge in [-0.2, -0.15) is 0 Å². The Hall–Kier alpha value is -1.57. The van der Waals surface area contributed by atoms with Gasteiger partial charge in [-0.3, -0.25) is 0 Å². The third-order valence-corrected chi connectivity index (χ3v) is 2.89. The van der Waals surface area contributed by atoms with Crippen LogP contribution in [0.25, 0.3) is 10.8 Å². The van der Waals surface area contributed by atoms with E-state index in [-0.39, 0.29) is 0 Å². The first-order valence-corrected chi connectivity index (χ1v) is 5.84. The third-order valence-electron chi connectivity index (χ3n) is 2.89. The predicted octanol–water partition coefficient (Wildman–Crippen LogP) is 3.47. The lowest BCUT2D eigenvalue weighted by Crippen LogP contribution is -2.31. The predicted molar refractivity (Wildman–Crippen MR) is 69.9 cm³/mol. The van der Waals surface area contributed by atoms with Crippen molar-refractivity contribution in [2.75, 3.05) is 11.4 Å². The Balaban J connectivity index is 2.59. The topological polar surface area (TPSA) is 16.1 Å². The number of nitrogens with zero attached hydrogens (tertiary/aromatic N) is 2. The number of hydrogen-bond acceptors (Lipinski definition) is 2. The molecule has 0 spiro atoms. The van der Waals surface area contributed by atoms with Gasteiger partial charge in [0, 0.05) is 24.2 Å². The summed E-state index contributed by atoms with van der Waals surface area (Å²) in [6.45, 7) is 7.56. The molecular formula is C14H18N2. The molecule has 1 aromatic heterocycles. The highest BCUT2D eigenvalue weighted by Gasteiger charge is 2.12. The van der Waals surface area contributed by atoms with Gasteiger partial charge in [0.15, 0.2) is 0 Å². The number of rotatable bonds is 3. The van der Waals surface area contributed by atoms with Crippen LogP contribution in [0.3, 0.4) is 0 Å². The van der Waals surface area contributed by atoms with Crippen molar-refractivity contribution >= 4 is 16.6 Å². The summed E-state index contributed by atoms with van der Waals surface area (Å²) in [6, 6.07) is 11.0. The van der Waals surface area contributed by atoms with E-state index in [0.717, 1.165) is 12.4 Å². The molecule has 0 aliphatic heterocycles. The normalized spacial score (nSPS) is 11.0. The molecule has 0 N–H and O–H groups in total. The minimum absolute atomic E-state index is 0.475. The standard InChI is InChI=1S/C14H18N2/c1-4-16(11(2)3)14-13-8-6-5-7-12(13)9-10-15-14/h5-11H,4H2,1-3H3. The van der Waals surface area contributed by atoms with Gasteiger partial charge in [-0.1, -0.05) is 24.3 Å². The molecule has 0 saturated carbocycles. The van der Waals surface area contributed by atoms with Crippen molar-refractivity contribution in [1.82, 2.24) is 4.98 Å². The van der Waals surface area contributed by atoms with Crippen molar-refractivity contribution < 1.29 is 0 Å². The molecule has 1 aromatic carbocycles. The average molecular weight is 214 g/mol.